The van der Waals surface area contributed by atoms with Gasteiger partial charge in [0.2, 0.25) is 0 Å². The van der Waals surface area contributed by atoms with Crippen molar-refractivity contribution in [3.05, 3.63) is 65.5 Å². The first-order chi connectivity index (χ1) is 16.6. The quantitative estimate of drug-likeness (QED) is 0.363. The number of hydrogen-bond donors (Lipinski definition) is 1. The van der Waals surface area contributed by atoms with Gasteiger partial charge in [0.05, 0.1) is 23.7 Å². The minimum absolute atomic E-state index is 0.202. The second-order valence-corrected chi connectivity index (χ2v) is 8.72. The molecule has 1 aromatic carbocycles. The van der Waals surface area contributed by atoms with Crippen molar-refractivity contribution < 1.29 is 18.3 Å². The maximum Gasteiger partial charge on any atom is 0.286 e. The van der Waals surface area contributed by atoms with Gasteiger partial charge in [0.1, 0.15) is 17.4 Å². The molecular formula is C24H28FN5O3S. The number of benzene rings is 1. The number of amides is 1. The Hall–Kier alpha value is -3.11. The van der Waals surface area contributed by atoms with Crippen LogP contribution >= 0.6 is 11.8 Å². The van der Waals surface area contributed by atoms with Gasteiger partial charge in [0.15, 0.2) is 10.9 Å². The number of methoxy groups -OCH3 is 1. The number of thioether (sulfide) groups is 1. The number of carbonyl (C=O) groups excluding carboxylic acids is 1. The topological polar surface area (TPSA) is 83.7 Å². The van der Waals surface area contributed by atoms with Crippen LogP contribution in [0.1, 0.15) is 28.9 Å². The number of halogens is 1. The highest BCUT2D eigenvalue weighted by Gasteiger charge is 2.21. The van der Waals surface area contributed by atoms with Crippen molar-refractivity contribution in [1.29, 1.82) is 0 Å². The minimum Gasteiger partial charge on any atom is -0.455 e. The number of carbonyl (C=O) groups is 1. The Labute approximate surface area is 202 Å². The van der Waals surface area contributed by atoms with Gasteiger partial charge in [-0.1, -0.05) is 23.9 Å². The molecule has 0 aliphatic carbocycles. The van der Waals surface area contributed by atoms with E-state index in [0.717, 1.165) is 24.6 Å². The molecule has 34 heavy (non-hydrogen) atoms. The molecule has 0 unspecified atom stereocenters. The van der Waals surface area contributed by atoms with Crippen LogP contribution in [0.2, 0.25) is 0 Å². The lowest BCUT2D eigenvalue weighted by molar-refractivity contribution is 0.0927. The average molecular weight is 486 g/mol. The Morgan fingerprint density at radius 2 is 1.91 bits per heavy atom. The Kier molecular flexibility index (Phi) is 8.02. The van der Waals surface area contributed by atoms with Crippen LogP contribution in [0.25, 0.3) is 0 Å². The SMILES string of the molecule is CCNC(=O)c1ccc(CSc2nc(COC)cc(N3CCN(c4ccccc4F)CC3)n2)o1. The smallest absolute Gasteiger partial charge is 0.286 e. The van der Waals surface area contributed by atoms with Gasteiger partial charge in [-0.05, 0) is 31.2 Å². The van der Waals surface area contributed by atoms with Gasteiger partial charge < -0.3 is 24.3 Å². The Bertz CT molecular complexity index is 1120. The summed E-state index contributed by atoms with van der Waals surface area (Å²) >= 11 is 1.44. The lowest BCUT2D eigenvalue weighted by Gasteiger charge is -2.37. The van der Waals surface area contributed by atoms with E-state index >= 15 is 0 Å². The lowest BCUT2D eigenvalue weighted by atomic mass is 10.2. The maximum absolute atomic E-state index is 14.2. The molecule has 3 heterocycles. The van der Waals surface area contributed by atoms with E-state index in [2.05, 4.69) is 20.1 Å². The summed E-state index contributed by atoms with van der Waals surface area (Å²) in [6.07, 6.45) is 0. The second kappa shape index (κ2) is 11.3. The molecular weight excluding hydrogens is 457 g/mol. The van der Waals surface area contributed by atoms with Crippen LogP contribution in [0.3, 0.4) is 0 Å². The molecule has 0 bridgehead atoms. The molecule has 180 valence electrons. The monoisotopic (exact) mass is 485 g/mol. The summed E-state index contributed by atoms with van der Waals surface area (Å²) in [5.74, 6) is 1.85. The third-order valence-electron chi connectivity index (χ3n) is 5.40. The molecule has 1 amide bonds. The number of anilines is 2. The summed E-state index contributed by atoms with van der Waals surface area (Å²) in [4.78, 5) is 25.5. The summed E-state index contributed by atoms with van der Waals surface area (Å²) in [5, 5.41) is 3.33. The van der Waals surface area contributed by atoms with E-state index in [9.17, 15) is 9.18 Å². The predicted molar refractivity (Wildman–Crippen MR) is 130 cm³/mol. The largest absolute Gasteiger partial charge is 0.455 e. The first-order valence-corrected chi connectivity index (χ1v) is 12.2. The number of nitrogens with zero attached hydrogens (tertiary/aromatic N) is 4. The van der Waals surface area contributed by atoms with E-state index < -0.39 is 0 Å². The van der Waals surface area contributed by atoms with Crippen LogP contribution in [0.4, 0.5) is 15.9 Å². The van der Waals surface area contributed by atoms with E-state index in [-0.39, 0.29) is 11.7 Å². The molecule has 8 nitrogen and oxygen atoms in total. The van der Waals surface area contributed by atoms with E-state index in [1.165, 1.54) is 17.8 Å². The number of para-hydroxylation sites is 1. The summed E-state index contributed by atoms with van der Waals surface area (Å²) < 4.78 is 25.1. The van der Waals surface area contributed by atoms with Gasteiger partial charge in [-0.25, -0.2) is 14.4 Å². The molecule has 2 aromatic heterocycles. The normalized spacial score (nSPS) is 13.9. The number of piperazine rings is 1. The molecule has 10 heteroatoms. The van der Waals surface area contributed by atoms with Crippen molar-refractivity contribution in [2.45, 2.75) is 24.4 Å². The molecule has 1 fully saturated rings. The van der Waals surface area contributed by atoms with Gasteiger partial charge >= 0.3 is 0 Å². The number of aromatic nitrogens is 2. The summed E-state index contributed by atoms with van der Waals surface area (Å²) in [6, 6.07) is 12.3. The van der Waals surface area contributed by atoms with Crippen molar-refractivity contribution in [3.63, 3.8) is 0 Å². The number of nitrogens with one attached hydrogen (secondary N) is 1. The van der Waals surface area contributed by atoms with Gasteiger partial charge in [0, 0.05) is 45.9 Å². The zero-order valence-corrected chi connectivity index (χ0v) is 20.1. The fraction of sp³-hybridized carbons (Fsp3) is 0.375. The summed E-state index contributed by atoms with van der Waals surface area (Å²) in [6.45, 7) is 5.61. The fourth-order valence-corrected chi connectivity index (χ4v) is 4.52. The second-order valence-electron chi connectivity index (χ2n) is 7.77. The van der Waals surface area contributed by atoms with E-state index in [1.54, 1.807) is 25.3 Å². The van der Waals surface area contributed by atoms with Crippen molar-refractivity contribution in [3.8, 4) is 0 Å². The molecule has 0 saturated carbocycles. The van der Waals surface area contributed by atoms with Crippen LogP contribution in [-0.2, 0) is 17.1 Å². The standard InChI is InChI=1S/C24H28FN5O3S/c1-3-26-23(31)21-9-8-18(33-21)16-34-24-27-17(15-32-2)14-22(28-24)30-12-10-29(11-13-30)20-7-5-4-6-19(20)25/h4-9,14H,3,10-13,15-16H2,1-2H3,(H,26,31). The average Bonchev–Trinajstić information content (AvgIpc) is 3.33. The van der Waals surface area contributed by atoms with Crippen molar-refractivity contribution >= 4 is 29.2 Å². The first kappa shape index (κ1) is 24.0. The molecule has 0 spiro atoms. The first-order valence-electron chi connectivity index (χ1n) is 11.2. The van der Waals surface area contributed by atoms with E-state index in [1.807, 2.05) is 25.1 Å². The highest BCUT2D eigenvalue weighted by Crippen LogP contribution is 2.26. The zero-order valence-electron chi connectivity index (χ0n) is 19.3. The fourth-order valence-electron chi connectivity index (χ4n) is 3.75. The van der Waals surface area contributed by atoms with Crippen LogP contribution in [0.5, 0.6) is 0 Å². The molecule has 1 saturated heterocycles. The lowest BCUT2D eigenvalue weighted by Crippen LogP contribution is -2.47. The van der Waals surface area contributed by atoms with Crippen molar-refractivity contribution in [2.24, 2.45) is 0 Å². The summed E-state index contributed by atoms with van der Waals surface area (Å²) in [7, 11) is 1.63. The highest BCUT2D eigenvalue weighted by atomic mass is 32.2. The molecule has 1 aliphatic heterocycles. The zero-order chi connectivity index (χ0) is 23.9. The van der Waals surface area contributed by atoms with Crippen LogP contribution in [0, 0.1) is 5.82 Å². The minimum atomic E-state index is -0.228. The molecule has 3 aromatic rings. The Morgan fingerprint density at radius 3 is 2.65 bits per heavy atom. The highest BCUT2D eigenvalue weighted by molar-refractivity contribution is 7.98. The summed E-state index contributed by atoms with van der Waals surface area (Å²) in [5.41, 5.74) is 1.42. The molecule has 0 radical (unpaired) electrons. The molecule has 1 aliphatic rings. The maximum atomic E-state index is 14.2. The van der Waals surface area contributed by atoms with Crippen molar-refractivity contribution in [2.75, 3.05) is 49.6 Å². The van der Waals surface area contributed by atoms with Gasteiger partial charge in [0.25, 0.3) is 5.91 Å². The van der Waals surface area contributed by atoms with Gasteiger partial charge in [-0.2, -0.15) is 0 Å². The number of hydrogen-bond acceptors (Lipinski definition) is 8. The van der Waals surface area contributed by atoms with Crippen LogP contribution < -0.4 is 15.1 Å². The molecule has 0 atom stereocenters. The number of rotatable bonds is 9. The van der Waals surface area contributed by atoms with Gasteiger partial charge in [-0.15, -0.1) is 0 Å². The van der Waals surface area contributed by atoms with E-state index in [4.69, 9.17) is 14.1 Å². The van der Waals surface area contributed by atoms with Crippen LogP contribution in [-0.4, -0.2) is 55.7 Å². The Morgan fingerprint density at radius 1 is 1.15 bits per heavy atom. The Balaban J connectivity index is 1.43. The number of ether oxygens (including phenoxy) is 1. The third-order valence-corrected chi connectivity index (χ3v) is 6.27. The van der Waals surface area contributed by atoms with Gasteiger partial charge in [-0.3, -0.25) is 4.79 Å². The number of furan rings is 1. The third kappa shape index (κ3) is 5.87. The van der Waals surface area contributed by atoms with Crippen molar-refractivity contribution in [1.82, 2.24) is 15.3 Å². The predicted octanol–water partition coefficient (Wildman–Crippen LogP) is 3.72. The van der Waals surface area contributed by atoms with Crippen LogP contribution in [0.15, 0.2) is 52.0 Å². The molecule has 1 N–H and O–H groups in total. The molecule has 4 rings (SSSR count). The van der Waals surface area contributed by atoms with E-state index in [0.29, 0.717) is 54.4 Å².